The van der Waals surface area contributed by atoms with Crippen LogP contribution in [0.25, 0.3) is 0 Å². The van der Waals surface area contributed by atoms with Crippen molar-refractivity contribution in [3.05, 3.63) is 40.8 Å². The van der Waals surface area contributed by atoms with E-state index in [0.29, 0.717) is 12.2 Å². The van der Waals surface area contributed by atoms with Gasteiger partial charge in [-0.2, -0.15) is 0 Å². The van der Waals surface area contributed by atoms with Gasteiger partial charge >= 0.3 is 0 Å². The van der Waals surface area contributed by atoms with E-state index in [2.05, 4.69) is 15.6 Å². The van der Waals surface area contributed by atoms with E-state index in [1.807, 2.05) is 24.4 Å². The third-order valence-electron chi connectivity index (χ3n) is 2.24. The second-order valence-electron chi connectivity index (χ2n) is 3.61. The van der Waals surface area contributed by atoms with Crippen LogP contribution in [0.1, 0.15) is 4.88 Å². The minimum Gasteiger partial charge on any atom is -0.387 e. The molecule has 1 aromatic carbocycles. The highest BCUT2D eigenvalue weighted by atomic mass is 32.1. The molecule has 3 N–H and O–H groups in total. The molecule has 0 saturated carbocycles. The fourth-order valence-electron chi connectivity index (χ4n) is 1.43. The molecule has 5 nitrogen and oxygen atoms in total. The van der Waals surface area contributed by atoms with Gasteiger partial charge in [-0.25, -0.2) is 0 Å². The van der Waals surface area contributed by atoms with Crippen molar-refractivity contribution in [1.82, 2.24) is 4.98 Å². The SMILES string of the molecule is O=C(CO)Nc1cccc(NCc2cncs2)c1. The highest BCUT2D eigenvalue weighted by molar-refractivity contribution is 7.09. The summed E-state index contributed by atoms with van der Waals surface area (Å²) in [7, 11) is 0. The summed E-state index contributed by atoms with van der Waals surface area (Å²) in [6.07, 6.45) is 1.81. The summed E-state index contributed by atoms with van der Waals surface area (Å²) in [5.74, 6) is -0.422. The zero-order valence-electron chi connectivity index (χ0n) is 9.59. The lowest BCUT2D eigenvalue weighted by atomic mass is 10.2. The predicted molar refractivity (Wildman–Crippen MR) is 71.6 cm³/mol. The van der Waals surface area contributed by atoms with Gasteiger partial charge in [0.05, 0.1) is 12.1 Å². The van der Waals surface area contributed by atoms with Gasteiger partial charge in [-0.3, -0.25) is 9.78 Å². The summed E-state index contributed by atoms with van der Waals surface area (Å²) in [5, 5.41) is 14.5. The molecule has 2 rings (SSSR count). The van der Waals surface area contributed by atoms with Crippen molar-refractivity contribution in [2.75, 3.05) is 17.2 Å². The zero-order valence-corrected chi connectivity index (χ0v) is 10.4. The number of rotatable bonds is 5. The molecule has 6 heteroatoms. The Hall–Kier alpha value is -1.92. The van der Waals surface area contributed by atoms with Crippen LogP contribution in [0.5, 0.6) is 0 Å². The van der Waals surface area contributed by atoms with Crippen molar-refractivity contribution >= 4 is 28.6 Å². The number of anilines is 2. The number of hydrogen-bond acceptors (Lipinski definition) is 5. The molecule has 0 atom stereocenters. The molecule has 2 aromatic rings. The van der Waals surface area contributed by atoms with Crippen molar-refractivity contribution in [2.24, 2.45) is 0 Å². The molecule has 1 aromatic heterocycles. The van der Waals surface area contributed by atoms with Crippen LogP contribution >= 0.6 is 11.3 Å². The lowest BCUT2D eigenvalue weighted by molar-refractivity contribution is -0.118. The smallest absolute Gasteiger partial charge is 0.250 e. The molecule has 0 fully saturated rings. The van der Waals surface area contributed by atoms with Crippen molar-refractivity contribution in [3.8, 4) is 0 Å². The monoisotopic (exact) mass is 263 g/mol. The Morgan fingerprint density at radius 3 is 2.94 bits per heavy atom. The van der Waals surface area contributed by atoms with E-state index in [-0.39, 0.29) is 0 Å². The average molecular weight is 263 g/mol. The molecule has 1 heterocycles. The van der Waals surface area contributed by atoms with Gasteiger partial charge in [0.15, 0.2) is 0 Å². The van der Waals surface area contributed by atoms with Gasteiger partial charge < -0.3 is 15.7 Å². The summed E-state index contributed by atoms with van der Waals surface area (Å²) in [6, 6.07) is 7.33. The quantitative estimate of drug-likeness (QED) is 0.767. The van der Waals surface area contributed by atoms with Gasteiger partial charge in [-0.05, 0) is 18.2 Å². The van der Waals surface area contributed by atoms with Crippen LogP contribution in [0.2, 0.25) is 0 Å². The Kier molecular flexibility index (Phi) is 4.27. The lowest BCUT2D eigenvalue weighted by Gasteiger charge is -2.08. The van der Waals surface area contributed by atoms with Gasteiger partial charge in [-0.15, -0.1) is 11.3 Å². The maximum atomic E-state index is 11.0. The van der Waals surface area contributed by atoms with Crippen molar-refractivity contribution in [3.63, 3.8) is 0 Å². The van der Waals surface area contributed by atoms with Crippen molar-refractivity contribution < 1.29 is 9.90 Å². The number of carbonyl (C=O) groups is 1. The topological polar surface area (TPSA) is 74.2 Å². The number of hydrogen-bond donors (Lipinski definition) is 3. The number of nitrogens with one attached hydrogen (secondary N) is 2. The number of aliphatic hydroxyl groups is 1. The number of amides is 1. The Morgan fingerprint density at radius 2 is 2.22 bits per heavy atom. The predicted octanol–water partition coefficient (Wildman–Crippen LogP) is 1.69. The van der Waals surface area contributed by atoms with Gasteiger partial charge in [0.25, 0.3) is 0 Å². The summed E-state index contributed by atoms with van der Waals surface area (Å²) >= 11 is 1.58. The van der Waals surface area contributed by atoms with Crippen LogP contribution in [0, 0.1) is 0 Å². The standard InChI is InChI=1S/C12H13N3O2S/c16-7-12(17)15-10-3-1-2-9(4-10)14-6-11-5-13-8-18-11/h1-5,8,14,16H,6-7H2,(H,15,17). The molecule has 0 saturated heterocycles. The first-order chi connectivity index (χ1) is 8.78. The summed E-state index contributed by atoms with van der Waals surface area (Å²) < 4.78 is 0. The first-order valence-corrected chi connectivity index (χ1v) is 6.28. The molecule has 0 spiro atoms. The highest BCUT2D eigenvalue weighted by Crippen LogP contribution is 2.16. The molecule has 1 amide bonds. The summed E-state index contributed by atoms with van der Waals surface area (Å²) in [4.78, 5) is 16.2. The molecular weight excluding hydrogens is 250 g/mol. The normalized spacial score (nSPS) is 10.1. The summed E-state index contributed by atoms with van der Waals surface area (Å²) in [5.41, 5.74) is 3.34. The van der Waals surface area contributed by atoms with E-state index >= 15 is 0 Å². The Balaban J connectivity index is 1.96. The zero-order chi connectivity index (χ0) is 12.8. The number of thiazole rings is 1. The highest BCUT2D eigenvalue weighted by Gasteiger charge is 2.01. The van der Waals surface area contributed by atoms with Gasteiger partial charge in [0, 0.05) is 22.4 Å². The van der Waals surface area contributed by atoms with Crippen LogP contribution < -0.4 is 10.6 Å². The number of aliphatic hydroxyl groups excluding tert-OH is 1. The largest absolute Gasteiger partial charge is 0.387 e. The Labute approximate surface area is 108 Å². The lowest BCUT2D eigenvalue weighted by Crippen LogP contribution is -2.15. The Morgan fingerprint density at radius 1 is 1.39 bits per heavy atom. The van der Waals surface area contributed by atoms with E-state index in [4.69, 9.17) is 5.11 Å². The van der Waals surface area contributed by atoms with Crippen LogP contribution in [-0.2, 0) is 11.3 Å². The molecule has 0 aliphatic rings. The van der Waals surface area contributed by atoms with Crippen LogP contribution in [0.3, 0.4) is 0 Å². The second kappa shape index (κ2) is 6.13. The van der Waals surface area contributed by atoms with Gasteiger partial charge in [0.1, 0.15) is 6.61 Å². The number of nitrogens with zero attached hydrogens (tertiary/aromatic N) is 1. The molecule has 0 radical (unpaired) electrons. The first kappa shape index (κ1) is 12.5. The maximum Gasteiger partial charge on any atom is 0.250 e. The van der Waals surface area contributed by atoms with Crippen molar-refractivity contribution in [1.29, 1.82) is 0 Å². The Bertz CT molecular complexity index is 514. The average Bonchev–Trinajstić information content (AvgIpc) is 2.90. The fourth-order valence-corrected chi connectivity index (χ4v) is 1.96. The minimum absolute atomic E-state index is 0.422. The van der Waals surface area contributed by atoms with E-state index in [1.54, 1.807) is 22.9 Å². The third-order valence-corrected chi connectivity index (χ3v) is 3.02. The fraction of sp³-hybridized carbons (Fsp3) is 0.167. The molecule has 0 aliphatic heterocycles. The number of carbonyl (C=O) groups excluding carboxylic acids is 1. The van der Waals surface area contributed by atoms with Crippen LogP contribution in [-0.4, -0.2) is 22.6 Å². The molecule has 18 heavy (non-hydrogen) atoms. The van der Waals surface area contributed by atoms with Crippen LogP contribution in [0.4, 0.5) is 11.4 Å². The molecule has 0 unspecified atom stereocenters. The van der Waals surface area contributed by atoms with Gasteiger partial charge in [-0.1, -0.05) is 6.07 Å². The molecule has 0 bridgehead atoms. The van der Waals surface area contributed by atoms with E-state index in [0.717, 1.165) is 10.6 Å². The minimum atomic E-state index is -0.515. The molecule has 0 aliphatic carbocycles. The maximum absolute atomic E-state index is 11.0. The van der Waals surface area contributed by atoms with Gasteiger partial charge in [0.2, 0.25) is 5.91 Å². The first-order valence-electron chi connectivity index (χ1n) is 5.40. The second-order valence-corrected chi connectivity index (χ2v) is 4.58. The number of aromatic nitrogens is 1. The molecule has 94 valence electrons. The van der Waals surface area contributed by atoms with E-state index in [9.17, 15) is 4.79 Å². The van der Waals surface area contributed by atoms with E-state index in [1.165, 1.54) is 0 Å². The van der Waals surface area contributed by atoms with Crippen molar-refractivity contribution in [2.45, 2.75) is 6.54 Å². The third kappa shape index (κ3) is 3.54. The number of benzene rings is 1. The summed E-state index contributed by atoms with van der Waals surface area (Å²) in [6.45, 7) is 0.181. The molecular formula is C12H13N3O2S. The van der Waals surface area contributed by atoms with E-state index < -0.39 is 12.5 Å². The van der Waals surface area contributed by atoms with Crippen LogP contribution in [0.15, 0.2) is 36.0 Å².